The molecule has 7 nitrogen and oxygen atoms in total. The summed E-state index contributed by atoms with van der Waals surface area (Å²) >= 11 is 0. The highest BCUT2D eigenvalue weighted by molar-refractivity contribution is 6.06. The number of aliphatic imine (C=N–C) groups is 2. The molecule has 1 atom stereocenters. The molecule has 1 fully saturated rings. The van der Waals surface area contributed by atoms with Crippen LogP contribution in [0.5, 0.6) is 0 Å². The Bertz CT molecular complexity index is 895. The largest absolute Gasteiger partial charge is 0.378 e. The van der Waals surface area contributed by atoms with Crippen LogP contribution in [-0.2, 0) is 4.74 Å². The van der Waals surface area contributed by atoms with E-state index in [1.807, 2.05) is 18.2 Å². The molecule has 2 aromatic rings. The van der Waals surface area contributed by atoms with Gasteiger partial charge < -0.3 is 20.7 Å². The first kappa shape index (κ1) is 21.0. The summed E-state index contributed by atoms with van der Waals surface area (Å²) in [4.78, 5) is 13.5. The lowest BCUT2D eigenvalue weighted by molar-refractivity contribution is 0.0671. The highest BCUT2D eigenvalue weighted by Crippen LogP contribution is 2.25. The molecule has 29 heavy (non-hydrogen) atoms. The third kappa shape index (κ3) is 4.63. The number of para-hydroxylation sites is 1. The maximum atomic E-state index is 6.11. The Hall–Kier alpha value is -2.77. The first-order valence-corrected chi connectivity index (χ1v) is 9.54. The van der Waals surface area contributed by atoms with Crippen LogP contribution in [0, 0.1) is 13.8 Å². The van der Waals surface area contributed by atoms with Crippen molar-refractivity contribution in [2.45, 2.75) is 20.1 Å². The van der Waals surface area contributed by atoms with Gasteiger partial charge in [-0.25, -0.2) is 4.99 Å². The van der Waals surface area contributed by atoms with E-state index in [0.717, 1.165) is 30.4 Å². The van der Waals surface area contributed by atoms with E-state index in [0.29, 0.717) is 13.2 Å². The van der Waals surface area contributed by atoms with Crippen LogP contribution in [0.25, 0.3) is 0 Å². The Morgan fingerprint density at radius 2 is 1.76 bits per heavy atom. The molecule has 0 radical (unpaired) electrons. The molecule has 2 aliphatic heterocycles. The second-order valence-corrected chi connectivity index (χ2v) is 7.02. The molecule has 4 rings (SSSR count). The molecular weight excluding hydrogens is 388 g/mol. The summed E-state index contributed by atoms with van der Waals surface area (Å²) < 4.78 is 5.51. The molecular formula is C21H27ClN6O. The Kier molecular flexibility index (Phi) is 6.61. The summed E-state index contributed by atoms with van der Waals surface area (Å²) in [6.07, 6.45) is -0.389. The van der Waals surface area contributed by atoms with Gasteiger partial charge in [0.25, 0.3) is 0 Å². The number of hydrogen-bond donors (Lipinski definition) is 2. The number of nitrogens with one attached hydrogen (secondary N) is 1. The fourth-order valence-electron chi connectivity index (χ4n) is 3.39. The molecule has 0 aromatic heterocycles. The van der Waals surface area contributed by atoms with E-state index >= 15 is 0 Å². The minimum atomic E-state index is -0.389. The minimum absolute atomic E-state index is 0. The predicted octanol–water partition coefficient (Wildman–Crippen LogP) is 2.94. The lowest BCUT2D eigenvalue weighted by Crippen LogP contribution is -2.57. The van der Waals surface area contributed by atoms with Crippen LogP contribution in [0.4, 0.5) is 11.4 Å². The quantitative estimate of drug-likeness (QED) is 0.807. The molecule has 3 N–H and O–H groups in total. The lowest BCUT2D eigenvalue weighted by atomic mass is 10.1. The SMILES string of the molecule is Cc1ccc(NC2N=C(N)N=C(N3CCOCC3)N2c2ccccc2)cc1C.Cl. The molecule has 2 heterocycles. The number of aryl methyl sites for hydroxylation is 2. The van der Waals surface area contributed by atoms with E-state index in [1.54, 1.807) is 0 Å². The van der Waals surface area contributed by atoms with Crippen molar-refractivity contribution in [1.82, 2.24) is 4.90 Å². The molecule has 0 spiro atoms. The van der Waals surface area contributed by atoms with Gasteiger partial charge in [-0.05, 0) is 49.2 Å². The Balaban J connectivity index is 0.00000240. The second-order valence-electron chi connectivity index (χ2n) is 7.02. The molecule has 2 aliphatic rings. The van der Waals surface area contributed by atoms with Gasteiger partial charge in [0, 0.05) is 24.5 Å². The number of guanidine groups is 2. The monoisotopic (exact) mass is 414 g/mol. The normalized spacial score (nSPS) is 19.2. The third-order valence-corrected chi connectivity index (χ3v) is 5.06. The molecule has 1 unspecified atom stereocenters. The van der Waals surface area contributed by atoms with Gasteiger partial charge in [0.1, 0.15) is 0 Å². The van der Waals surface area contributed by atoms with Crippen LogP contribution in [0.1, 0.15) is 11.1 Å². The number of halogens is 1. The van der Waals surface area contributed by atoms with Crippen molar-refractivity contribution in [3.05, 3.63) is 59.7 Å². The summed E-state index contributed by atoms with van der Waals surface area (Å²) in [7, 11) is 0. The van der Waals surface area contributed by atoms with E-state index in [1.165, 1.54) is 11.1 Å². The smallest absolute Gasteiger partial charge is 0.222 e. The van der Waals surface area contributed by atoms with Gasteiger partial charge in [-0.3, -0.25) is 4.90 Å². The zero-order valence-electron chi connectivity index (χ0n) is 16.7. The van der Waals surface area contributed by atoms with Crippen molar-refractivity contribution in [3.8, 4) is 0 Å². The van der Waals surface area contributed by atoms with E-state index in [2.05, 4.69) is 69.3 Å². The number of nitrogens with two attached hydrogens (primary N) is 1. The number of nitrogens with zero attached hydrogens (tertiary/aromatic N) is 4. The molecule has 0 aliphatic carbocycles. The van der Waals surface area contributed by atoms with Crippen molar-refractivity contribution in [2.24, 2.45) is 15.7 Å². The van der Waals surface area contributed by atoms with Gasteiger partial charge in [0.2, 0.25) is 18.2 Å². The summed E-state index contributed by atoms with van der Waals surface area (Å²) in [5, 5.41) is 3.52. The maximum Gasteiger partial charge on any atom is 0.222 e. The first-order chi connectivity index (χ1) is 13.6. The highest BCUT2D eigenvalue weighted by atomic mass is 35.5. The maximum absolute atomic E-state index is 6.11. The molecule has 2 aromatic carbocycles. The van der Waals surface area contributed by atoms with Crippen LogP contribution in [0.3, 0.4) is 0 Å². The van der Waals surface area contributed by atoms with Gasteiger partial charge in [-0.2, -0.15) is 4.99 Å². The van der Waals surface area contributed by atoms with Crippen LogP contribution >= 0.6 is 12.4 Å². The number of ether oxygens (including phenoxy) is 1. The number of benzene rings is 2. The second kappa shape index (κ2) is 9.15. The third-order valence-electron chi connectivity index (χ3n) is 5.06. The average Bonchev–Trinajstić information content (AvgIpc) is 2.72. The van der Waals surface area contributed by atoms with Crippen molar-refractivity contribution in [1.29, 1.82) is 0 Å². The Morgan fingerprint density at radius 3 is 2.45 bits per heavy atom. The van der Waals surface area contributed by atoms with Crippen molar-refractivity contribution >= 4 is 35.7 Å². The molecule has 0 saturated carbocycles. The van der Waals surface area contributed by atoms with Gasteiger partial charge in [-0.15, -0.1) is 12.4 Å². The lowest BCUT2D eigenvalue weighted by Gasteiger charge is -2.41. The van der Waals surface area contributed by atoms with E-state index in [4.69, 9.17) is 10.5 Å². The fourth-order valence-corrected chi connectivity index (χ4v) is 3.39. The van der Waals surface area contributed by atoms with Crippen molar-refractivity contribution < 1.29 is 4.74 Å². The van der Waals surface area contributed by atoms with E-state index < -0.39 is 0 Å². The van der Waals surface area contributed by atoms with E-state index in [-0.39, 0.29) is 24.7 Å². The first-order valence-electron chi connectivity index (χ1n) is 9.54. The van der Waals surface area contributed by atoms with Crippen LogP contribution in [0.2, 0.25) is 0 Å². The summed E-state index contributed by atoms with van der Waals surface area (Å²) in [5.41, 5.74) is 10.6. The van der Waals surface area contributed by atoms with Gasteiger partial charge in [0.05, 0.1) is 13.2 Å². The molecule has 0 bridgehead atoms. The summed E-state index contributed by atoms with van der Waals surface area (Å²) in [6.45, 7) is 7.10. The number of hydrogen-bond acceptors (Lipinski definition) is 7. The summed E-state index contributed by atoms with van der Waals surface area (Å²) in [6, 6.07) is 16.5. The van der Waals surface area contributed by atoms with Crippen LogP contribution < -0.4 is 16.0 Å². The highest BCUT2D eigenvalue weighted by Gasteiger charge is 2.31. The minimum Gasteiger partial charge on any atom is -0.378 e. The van der Waals surface area contributed by atoms with Crippen LogP contribution in [-0.4, -0.2) is 49.4 Å². The van der Waals surface area contributed by atoms with Gasteiger partial charge in [0.15, 0.2) is 0 Å². The van der Waals surface area contributed by atoms with Gasteiger partial charge >= 0.3 is 0 Å². The van der Waals surface area contributed by atoms with Crippen molar-refractivity contribution in [3.63, 3.8) is 0 Å². The summed E-state index contributed by atoms with van der Waals surface area (Å²) in [5.74, 6) is 1.07. The Morgan fingerprint density at radius 1 is 1.03 bits per heavy atom. The van der Waals surface area contributed by atoms with Gasteiger partial charge in [-0.1, -0.05) is 24.3 Å². The average molecular weight is 415 g/mol. The Labute approximate surface area is 177 Å². The molecule has 8 heteroatoms. The number of morpholine rings is 1. The topological polar surface area (TPSA) is 78.5 Å². The molecule has 0 amide bonds. The molecule has 154 valence electrons. The standard InChI is InChI=1S/C21H26N6O.ClH/c1-15-8-9-17(14-16(15)2)23-20-24-19(22)25-21(26-10-12-28-13-11-26)27(20)18-6-4-3-5-7-18;/h3-9,14,20,23H,10-13H2,1-2H3,(H2,22,24);1H. The predicted molar refractivity (Wildman–Crippen MR) is 121 cm³/mol. The molecule has 1 saturated heterocycles. The van der Waals surface area contributed by atoms with E-state index in [9.17, 15) is 0 Å². The van der Waals surface area contributed by atoms with Crippen LogP contribution in [0.15, 0.2) is 58.5 Å². The zero-order chi connectivity index (χ0) is 19.5. The number of anilines is 2. The van der Waals surface area contributed by atoms with Crippen molar-refractivity contribution in [2.75, 3.05) is 36.5 Å². The fraction of sp³-hybridized carbons (Fsp3) is 0.333. The number of rotatable bonds is 3. The zero-order valence-corrected chi connectivity index (χ0v) is 17.5.